The molecule has 0 bridgehead atoms. The predicted molar refractivity (Wildman–Crippen MR) is 107 cm³/mol. The lowest BCUT2D eigenvalue weighted by Crippen LogP contribution is -2.54. The van der Waals surface area contributed by atoms with Crippen LogP contribution in [0.5, 0.6) is 0 Å². The standard InChI is InChI=1S/C19H28N4O2.ClH/c1-19(9-3-4-10-21-19)18(25)22-14-7-8-15(17(20)24)16(13-14)23-11-5-2-6-12-23;/h7-8,13,21H,2-6,9-12H2,1H3,(H2,20,24)(H,22,25);1H. The largest absolute Gasteiger partial charge is 0.371 e. The molecule has 7 heteroatoms. The number of rotatable bonds is 4. The van der Waals surface area contributed by atoms with Crippen molar-refractivity contribution in [3.05, 3.63) is 23.8 Å². The molecule has 2 aliphatic heterocycles. The van der Waals surface area contributed by atoms with E-state index in [0.29, 0.717) is 11.3 Å². The molecule has 0 aromatic heterocycles. The van der Waals surface area contributed by atoms with E-state index >= 15 is 0 Å². The zero-order valence-corrected chi connectivity index (χ0v) is 16.2. The van der Waals surface area contributed by atoms with E-state index in [0.717, 1.165) is 57.4 Å². The van der Waals surface area contributed by atoms with Crippen LogP contribution in [0, 0.1) is 0 Å². The van der Waals surface area contributed by atoms with E-state index in [2.05, 4.69) is 15.5 Å². The van der Waals surface area contributed by atoms with Crippen molar-refractivity contribution in [3.63, 3.8) is 0 Å². The van der Waals surface area contributed by atoms with Crippen molar-refractivity contribution in [1.82, 2.24) is 5.32 Å². The zero-order valence-electron chi connectivity index (χ0n) is 15.3. The van der Waals surface area contributed by atoms with Gasteiger partial charge in [0.05, 0.1) is 16.8 Å². The maximum absolute atomic E-state index is 12.7. The Labute approximate surface area is 161 Å². The summed E-state index contributed by atoms with van der Waals surface area (Å²) in [6, 6.07) is 5.37. The number of carbonyl (C=O) groups is 2. The minimum absolute atomic E-state index is 0. The first-order valence-electron chi connectivity index (χ1n) is 9.25. The molecule has 6 nitrogen and oxygen atoms in total. The minimum Gasteiger partial charge on any atom is -0.371 e. The molecule has 0 saturated carbocycles. The second-order valence-electron chi connectivity index (χ2n) is 7.31. The van der Waals surface area contributed by atoms with E-state index in [9.17, 15) is 9.59 Å². The van der Waals surface area contributed by atoms with E-state index in [1.165, 1.54) is 6.42 Å². The van der Waals surface area contributed by atoms with Gasteiger partial charge in [0.1, 0.15) is 0 Å². The average molecular weight is 381 g/mol. The fraction of sp³-hybridized carbons (Fsp3) is 0.579. The Bertz CT molecular complexity index is 653. The van der Waals surface area contributed by atoms with Crippen molar-refractivity contribution >= 4 is 35.6 Å². The topological polar surface area (TPSA) is 87.5 Å². The number of piperidine rings is 2. The van der Waals surface area contributed by atoms with Gasteiger partial charge in [-0.1, -0.05) is 0 Å². The fourth-order valence-corrected chi connectivity index (χ4v) is 3.73. The highest BCUT2D eigenvalue weighted by Gasteiger charge is 2.34. The maximum atomic E-state index is 12.7. The van der Waals surface area contributed by atoms with Crippen LogP contribution in [0.3, 0.4) is 0 Å². The van der Waals surface area contributed by atoms with E-state index in [4.69, 9.17) is 5.73 Å². The van der Waals surface area contributed by atoms with Crippen LogP contribution in [0.15, 0.2) is 18.2 Å². The van der Waals surface area contributed by atoms with Gasteiger partial charge in [-0.05, 0) is 70.2 Å². The molecule has 1 unspecified atom stereocenters. The summed E-state index contributed by atoms with van der Waals surface area (Å²) in [7, 11) is 0. The Kier molecular flexibility index (Phi) is 6.89. The molecule has 1 aromatic carbocycles. The SMILES string of the molecule is CC1(C(=O)Nc2ccc(C(N)=O)c(N3CCCCC3)c2)CCCCN1.Cl. The summed E-state index contributed by atoms with van der Waals surface area (Å²) in [4.78, 5) is 26.7. The van der Waals surface area contributed by atoms with Crippen LogP contribution >= 0.6 is 12.4 Å². The van der Waals surface area contributed by atoms with Gasteiger partial charge in [-0.25, -0.2) is 0 Å². The highest BCUT2D eigenvalue weighted by molar-refractivity contribution is 6.02. The van der Waals surface area contributed by atoms with Gasteiger partial charge in [-0.15, -0.1) is 12.4 Å². The summed E-state index contributed by atoms with van der Waals surface area (Å²) in [5.74, 6) is -0.456. The maximum Gasteiger partial charge on any atom is 0.250 e. The van der Waals surface area contributed by atoms with Gasteiger partial charge in [0, 0.05) is 18.8 Å². The lowest BCUT2D eigenvalue weighted by molar-refractivity contribution is -0.122. The van der Waals surface area contributed by atoms with Crippen molar-refractivity contribution in [2.24, 2.45) is 5.73 Å². The van der Waals surface area contributed by atoms with Crippen LogP contribution in [-0.2, 0) is 4.79 Å². The van der Waals surface area contributed by atoms with Gasteiger partial charge in [0.25, 0.3) is 5.91 Å². The molecule has 2 fully saturated rings. The second kappa shape index (κ2) is 8.73. The van der Waals surface area contributed by atoms with Crippen molar-refractivity contribution in [2.45, 2.75) is 51.0 Å². The lowest BCUT2D eigenvalue weighted by Gasteiger charge is -2.34. The van der Waals surface area contributed by atoms with Crippen LogP contribution in [0.1, 0.15) is 55.8 Å². The molecule has 2 amide bonds. The summed E-state index contributed by atoms with van der Waals surface area (Å²) in [6.07, 6.45) is 6.42. The minimum atomic E-state index is -0.536. The molecule has 1 aromatic rings. The third kappa shape index (κ3) is 4.48. The Balaban J connectivity index is 0.00000243. The number of benzene rings is 1. The van der Waals surface area contributed by atoms with Gasteiger partial charge in [0.15, 0.2) is 0 Å². The fourth-order valence-electron chi connectivity index (χ4n) is 3.73. The molecule has 144 valence electrons. The average Bonchev–Trinajstić information content (AvgIpc) is 2.63. The molecular formula is C19H29ClN4O2. The number of carbonyl (C=O) groups excluding carboxylic acids is 2. The van der Waals surface area contributed by atoms with Crippen LogP contribution in [0.25, 0.3) is 0 Å². The highest BCUT2D eigenvalue weighted by atomic mass is 35.5. The normalized spacial score (nSPS) is 23.0. The van der Waals surface area contributed by atoms with Crippen LogP contribution in [0.2, 0.25) is 0 Å². The van der Waals surface area contributed by atoms with Crippen molar-refractivity contribution < 1.29 is 9.59 Å². The molecular weight excluding hydrogens is 352 g/mol. The first kappa shape index (κ1) is 20.5. The highest BCUT2D eigenvalue weighted by Crippen LogP contribution is 2.28. The molecule has 2 saturated heterocycles. The number of nitrogens with one attached hydrogen (secondary N) is 2. The monoisotopic (exact) mass is 380 g/mol. The number of hydrogen-bond acceptors (Lipinski definition) is 4. The van der Waals surface area contributed by atoms with Crippen molar-refractivity contribution in [3.8, 4) is 0 Å². The summed E-state index contributed by atoms with van der Waals surface area (Å²) < 4.78 is 0. The van der Waals surface area contributed by atoms with Crippen molar-refractivity contribution in [1.29, 1.82) is 0 Å². The second-order valence-corrected chi connectivity index (χ2v) is 7.31. The molecule has 2 heterocycles. The molecule has 0 aliphatic carbocycles. The van der Waals surface area contributed by atoms with Gasteiger partial charge in [-0.2, -0.15) is 0 Å². The van der Waals surface area contributed by atoms with Gasteiger partial charge in [0.2, 0.25) is 5.91 Å². The third-order valence-corrected chi connectivity index (χ3v) is 5.34. The number of hydrogen-bond donors (Lipinski definition) is 3. The molecule has 1 atom stereocenters. The summed E-state index contributed by atoms with van der Waals surface area (Å²) in [5, 5.41) is 6.34. The Morgan fingerprint density at radius 3 is 2.50 bits per heavy atom. The number of halogens is 1. The first-order chi connectivity index (χ1) is 12.0. The number of nitrogens with two attached hydrogens (primary N) is 1. The lowest BCUT2D eigenvalue weighted by atomic mass is 9.90. The summed E-state index contributed by atoms with van der Waals surface area (Å²) in [5.41, 5.74) is 7.07. The van der Waals surface area contributed by atoms with E-state index in [1.54, 1.807) is 12.1 Å². The smallest absolute Gasteiger partial charge is 0.250 e. The number of amides is 2. The quantitative estimate of drug-likeness (QED) is 0.749. The molecule has 26 heavy (non-hydrogen) atoms. The van der Waals surface area contributed by atoms with Crippen LogP contribution in [0.4, 0.5) is 11.4 Å². The Hall–Kier alpha value is -1.79. The van der Waals surface area contributed by atoms with E-state index < -0.39 is 11.4 Å². The number of anilines is 2. The molecule has 2 aliphatic rings. The summed E-state index contributed by atoms with van der Waals surface area (Å²) in [6.45, 7) is 4.64. The van der Waals surface area contributed by atoms with Crippen LogP contribution in [-0.4, -0.2) is 37.0 Å². The van der Waals surface area contributed by atoms with E-state index in [1.807, 2.05) is 13.0 Å². The molecule has 0 spiro atoms. The third-order valence-electron chi connectivity index (χ3n) is 5.34. The van der Waals surface area contributed by atoms with E-state index in [-0.39, 0.29) is 18.3 Å². The number of primary amides is 1. The molecule has 4 N–H and O–H groups in total. The van der Waals surface area contributed by atoms with Gasteiger partial charge in [-0.3, -0.25) is 9.59 Å². The summed E-state index contributed by atoms with van der Waals surface area (Å²) >= 11 is 0. The zero-order chi connectivity index (χ0) is 17.9. The van der Waals surface area contributed by atoms with Gasteiger partial charge >= 0.3 is 0 Å². The Morgan fingerprint density at radius 2 is 1.88 bits per heavy atom. The predicted octanol–water partition coefficient (Wildman–Crippen LogP) is 2.67. The molecule has 3 rings (SSSR count). The molecule has 0 radical (unpaired) electrons. The Morgan fingerprint density at radius 1 is 1.15 bits per heavy atom. The first-order valence-corrected chi connectivity index (χ1v) is 9.25. The van der Waals surface area contributed by atoms with Crippen molar-refractivity contribution in [2.75, 3.05) is 29.9 Å². The van der Waals surface area contributed by atoms with Gasteiger partial charge < -0.3 is 21.3 Å². The van der Waals surface area contributed by atoms with Crippen LogP contribution < -0.4 is 21.3 Å². The number of nitrogens with zero attached hydrogens (tertiary/aromatic N) is 1.